The molecule has 2 N–H and O–H groups in total. The zero-order valence-corrected chi connectivity index (χ0v) is 21.2. The number of para-hydroxylation sites is 4. The van der Waals surface area contributed by atoms with Crippen molar-refractivity contribution >= 4 is 36.2 Å². The fraction of sp³-hybridized carbons (Fsp3) is 0.222. The molecule has 4 aromatic rings. The average Bonchev–Trinajstić information content (AvgIpc) is 2.88. The molecule has 0 aliphatic rings. The minimum atomic E-state index is -0.701. The average molecular weight is 507 g/mol. The first kappa shape index (κ1) is 26.8. The van der Waals surface area contributed by atoms with Gasteiger partial charge in [-0.25, -0.2) is 9.78 Å². The highest BCUT2D eigenvalue weighted by Crippen LogP contribution is 2.27. The third-order valence-electron chi connectivity index (χ3n) is 5.79. The molecular formula is C27H30N4O4S. The Labute approximate surface area is 216 Å². The molecule has 8 nitrogen and oxygen atoms in total. The van der Waals surface area contributed by atoms with Crippen LogP contribution in [0.5, 0.6) is 5.75 Å². The monoisotopic (exact) mass is 506 g/mol. The maximum Gasteiger partial charge on any atom is 0.322 e. The second-order valence-electron chi connectivity index (χ2n) is 8.01. The molecule has 4 rings (SSSR count). The molecule has 0 saturated carbocycles. The van der Waals surface area contributed by atoms with Crippen LogP contribution in [0, 0.1) is 0 Å². The van der Waals surface area contributed by atoms with Crippen LogP contribution in [0.4, 0.5) is 10.5 Å². The molecule has 1 atom stereocenters. The molecule has 1 heterocycles. The number of nitrogens with one attached hydrogen (secondary N) is 1. The number of aliphatic hydroxyl groups is 1. The van der Waals surface area contributed by atoms with E-state index in [2.05, 4.69) is 10.3 Å². The molecule has 36 heavy (non-hydrogen) atoms. The number of hydrogen-bond acceptors (Lipinski definition) is 5. The van der Waals surface area contributed by atoms with Gasteiger partial charge in [-0.15, -0.1) is 0 Å². The van der Waals surface area contributed by atoms with Gasteiger partial charge >= 0.3 is 6.03 Å². The molecule has 0 unspecified atom stereocenters. The molecule has 0 aliphatic heterocycles. The summed E-state index contributed by atoms with van der Waals surface area (Å²) in [5, 5.41) is 13.2. The number of hydrogen-bond donors (Lipinski definition) is 2. The Hall–Kier alpha value is -3.82. The van der Waals surface area contributed by atoms with Gasteiger partial charge in [-0.05, 0) is 36.8 Å². The Morgan fingerprint density at radius 2 is 1.72 bits per heavy atom. The van der Waals surface area contributed by atoms with E-state index in [0.29, 0.717) is 29.1 Å². The van der Waals surface area contributed by atoms with Crippen LogP contribution in [-0.2, 0) is 13.6 Å². The third-order valence-corrected chi connectivity index (χ3v) is 5.79. The molecule has 188 valence electrons. The van der Waals surface area contributed by atoms with Crippen LogP contribution in [0.1, 0.15) is 24.2 Å². The summed E-state index contributed by atoms with van der Waals surface area (Å²) in [6.07, 6.45) is 0. The number of carbonyl (C=O) groups excluding carboxylic acids is 1. The van der Waals surface area contributed by atoms with Gasteiger partial charge < -0.3 is 24.6 Å². The van der Waals surface area contributed by atoms with Crippen LogP contribution in [0.25, 0.3) is 11.0 Å². The van der Waals surface area contributed by atoms with E-state index in [0.717, 1.165) is 5.56 Å². The molecule has 3 aromatic carbocycles. The largest absolute Gasteiger partial charge is 0.492 e. The molecule has 9 heteroatoms. The Kier molecular flexibility index (Phi) is 9.10. The van der Waals surface area contributed by atoms with Crippen molar-refractivity contribution in [2.24, 2.45) is 7.05 Å². The summed E-state index contributed by atoms with van der Waals surface area (Å²) >= 11 is 0. The van der Waals surface area contributed by atoms with Gasteiger partial charge in [0.2, 0.25) is 0 Å². The quantitative estimate of drug-likeness (QED) is 0.373. The first-order valence-electron chi connectivity index (χ1n) is 11.4. The van der Waals surface area contributed by atoms with E-state index in [4.69, 9.17) is 4.74 Å². The molecule has 2 amide bonds. The Morgan fingerprint density at radius 3 is 2.44 bits per heavy atom. The number of urea groups is 1. The number of ether oxygens (including phenoxy) is 1. The number of aliphatic hydroxyl groups excluding tert-OH is 1. The number of rotatable bonds is 8. The van der Waals surface area contributed by atoms with E-state index in [9.17, 15) is 14.7 Å². The Bertz CT molecular complexity index is 1380. The SMILES string of the molecule is CCOc1ccccc1NC(=O)N(Cc1nc2ccccc2n(C)c1=O)[C@H](CO)c1ccccc1.S. The normalized spacial score (nSPS) is 11.4. The predicted octanol–water partition coefficient (Wildman–Crippen LogP) is 4.21. The standard InChI is InChI=1S/C27H28N4O4.H2S/c1-3-35-25-16-10-8-14-21(25)29-27(34)31(24(18-32)19-11-5-4-6-12-19)17-22-26(33)30(2)23-15-9-7-13-20(23)28-22;/h4-16,24,32H,3,17-18H2,1-2H3,(H,29,34);1H2/t24-;/m1./s1. The lowest BCUT2D eigenvalue weighted by Crippen LogP contribution is -2.41. The van der Waals surface area contributed by atoms with Crippen LogP contribution in [0.2, 0.25) is 0 Å². The van der Waals surface area contributed by atoms with Crippen molar-refractivity contribution in [2.75, 3.05) is 18.5 Å². The highest BCUT2D eigenvalue weighted by atomic mass is 32.1. The first-order valence-corrected chi connectivity index (χ1v) is 11.4. The summed E-state index contributed by atoms with van der Waals surface area (Å²) in [4.78, 5) is 32.8. The molecule has 1 aromatic heterocycles. The number of fused-ring (bicyclic) bond motifs is 1. The van der Waals surface area contributed by atoms with Crippen molar-refractivity contribution in [1.82, 2.24) is 14.5 Å². The topological polar surface area (TPSA) is 96.7 Å². The molecular weight excluding hydrogens is 476 g/mol. The molecule has 0 radical (unpaired) electrons. The van der Waals surface area contributed by atoms with Gasteiger partial charge in [0.25, 0.3) is 5.56 Å². The first-order chi connectivity index (χ1) is 17.0. The fourth-order valence-corrected chi connectivity index (χ4v) is 4.02. The van der Waals surface area contributed by atoms with E-state index in [1.165, 1.54) is 9.47 Å². The van der Waals surface area contributed by atoms with Crippen LogP contribution in [-0.4, -0.2) is 38.8 Å². The smallest absolute Gasteiger partial charge is 0.322 e. The number of amides is 2. The molecule has 0 bridgehead atoms. The maximum atomic E-state index is 13.6. The van der Waals surface area contributed by atoms with Gasteiger partial charge in [0.1, 0.15) is 11.4 Å². The Morgan fingerprint density at radius 1 is 1.06 bits per heavy atom. The summed E-state index contributed by atoms with van der Waals surface area (Å²) in [5.41, 5.74) is 2.47. The van der Waals surface area contributed by atoms with Gasteiger partial charge in [0.15, 0.2) is 0 Å². The lowest BCUT2D eigenvalue weighted by Gasteiger charge is -2.31. The van der Waals surface area contributed by atoms with Crippen molar-refractivity contribution < 1.29 is 14.6 Å². The summed E-state index contributed by atoms with van der Waals surface area (Å²) in [5.74, 6) is 0.531. The number of aryl methyl sites for hydroxylation is 1. The number of anilines is 1. The zero-order valence-electron chi connectivity index (χ0n) is 20.2. The summed E-state index contributed by atoms with van der Waals surface area (Å²) in [7, 11) is 1.68. The van der Waals surface area contributed by atoms with Crippen molar-refractivity contribution in [3.8, 4) is 5.75 Å². The fourth-order valence-electron chi connectivity index (χ4n) is 4.02. The maximum absolute atomic E-state index is 13.6. The number of carbonyl (C=O) groups is 1. The molecule has 0 aliphatic carbocycles. The van der Waals surface area contributed by atoms with Gasteiger partial charge in [-0.1, -0.05) is 54.6 Å². The van der Waals surface area contributed by atoms with Crippen molar-refractivity contribution in [3.63, 3.8) is 0 Å². The predicted molar refractivity (Wildman–Crippen MR) is 146 cm³/mol. The van der Waals surface area contributed by atoms with Crippen molar-refractivity contribution in [3.05, 3.63) is 100 Å². The lowest BCUT2D eigenvalue weighted by atomic mass is 10.1. The van der Waals surface area contributed by atoms with Gasteiger partial charge in [0.05, 0.1) is 42.5 Å². The van der Waals surface area contributed by atoms with Gasteiger partial charge in [-0.2, -0.15) is 13.5 Å². The van der Waals surface area contributed by atoms with E-state index < -0.39 is 12.1 Å². The highest BCUT2D eigenvalue weighted by molar-refractivity contribution is 7.59. The lowest BCUT2D eigenvalue weighted by molar-refractivity contribution is 0.136. The van der Waals surface area contributed by atoms with E-state index in [-0.39, 0.29) is 37.9 Å². The zero-order chi connectivity index (χ0) is 24.8. The number of aromatic nitrogens is 2. The van der Waals surface area contributed by atoms with E-state index >= 15 is 0 Å². The summed E-state index contributed by atoms with van der Waals surface area (Å²) < 4.78 is 7.16. The van der Waals surface area contributed by atoms with Crippen molar-refractivity contribution in [2.45, 2.75) is 19.5 Å². The van der Waals surface area contributed by atoms with Crippen LogP contribution in [0.3, 0.4) is 0 Å². The number of benzene rings is 3. The van der Waals surface area contributed by atoms with Crippen LogP contribution in [0.15, 0.2) is 83.7 Å². The Balaban J connectivity index is 0.00000361. The minimum Gasteiger partial charge on any atom is -0.492 e. The van der Waals surface area contributed by atoms with Gasteiger partial charge in [-0.3, -0.25) is 4.79 Å². The molecule has 0 spiro atoms. The van der Waals surface area contributed by atoms with E-state index in [1.54, 1.807) is 25.2 Å². The molecule has 0 fully saturated rings. The number of nitrogens with zero attached hydrogens (tertiary/aromatic N) is 3. The van der Waals surface area contributed by atoms with E-state index in [1.807, 2.05) is 67.6 Å². The third kappa shape index (κ3) is 5.69. The van der Waals surface area contributed by atoms with Gasteiger partial charge in [0, 0.05) is 7.05 Å². The summed E-state index contributed by atoms with van der Waals surface area (Å²) in [6.45, 7) is 1.87. The second-order valence-corrected chi connectivity index (χ2v) is 8.01. The minimum absolute atomic E-state index is 0. The second kappa shape index (κ2) is 12.2. The van der Waals surface area contributed by atoms with Crippen LogP contribution < -0.4 is 15.6 Å². The van der Waals surface area contributed by atoms with Crippen LogP contribution >= 0.6 is 13.5 Å². The van der Waals surface area contributed by atoms with Crippen molar-refractivity contribution in [1.29, 1.82) is 0 Å². The summed E-state index contributed by atoms with van der Waals surface area (Å²) in [6, 6.07) is 22.5. The molecule has 0 saturated heterocycles. The highest BCUT2D eigenvalue weighted by Gasteiger charge is 2.27.